The zero-order chi connectivity index (χ0) is 19.1. The molecule has 26 heavy (non-hydrogen) atoms. The molecule has 0 amide bonds. The van der Waals surface area contributed by atoms with Gasteiger partial charge in [-0.3, -0.25) is 4.98 Å². The van der Waals surface area contributed by atoms with Crippen molar-refractivity contribution in [2.45, 2.75) is 4.90 Å². The first-order valence-corrected chi connectivity index (χ1v) is 9.41. The van der Waals surface area contributed by atoms with Gasteiger partial charge in [0.1, 0.15) is 11.6 Å². The lowest BCUT2D eigenvalue weighted by Gasteiger charge is -2.11. The summed E-state index contributed by atoms with van der Waals surface area (Å²) in [5.74, 6) is -2.60. The van der Waals surface area contributed by atoms with E-state index in [1.165, 1.54) is 6.20 Å². The Labute approximate surface area is 158 Å². The number of hydrogen-bond donors (Lipinski definition) is 1. The van der Waals surface area contributed by atoms with Crippen LogP contribution in [0.25, 0.3) is 22.4 Å². The maximum absolute atomic E-state index is 14.2. The van der Waals surface area contributed by atoms with E-state index < -0.39 is 26.6 Å². The third-order valence-electron chi connectivity index (χ3n) is 3.59. The number of nitrogens with zero attached hydrogens (tertiary/aromatic N) is 1. The summed E-state index contributed by atoms with van der Waals surface area (Å²) in [5, 5.41) is 5.51. The molecule has 2 aromatic carbocycles. The van der Waals surface area contributed by atoms with Crippen LogP contribution in [0, 0.1) is 11.6 Å². The molecule has 0 spiro atoms. The molecule has 0 saturated carbocycles. The normalized spacial score (nSPS) is 11.6. The van der Waals surface area contributed by atoms with E-state index in [1.807, 2.05) is 0 Å². The molecule has 0 bridgehead atoms. The Balaban J connectivity index is 2.22. The first-order valence-electron chi connectivity index (χ1n) is 7.11. The van der Waals surface area contributed by atoms with E-state index in [0.29, 0.717) is 21.2 Å². The molecular weight excluding hydrogens is 405 g/mol. The number of pyridine rings is 1. The fourth-order valence-electron chi connectivity index (χ4n) is 2.50. The first kappa shape index (κ1) is 18.7. The topological polar surface area (TPSA) is 73.1 Å². The van der Waals surface area contributed by atoms with Crippen LogP contribution in [0.5, 0.6) is 0 Å². The Morgan fingerprint density at radius 2 is 1.58 bits per heavy atom. The quantitative estimate of drug-likeness (QED) is 0.677. The molecule has 0 radical (unpaired) electrons. The van der Waals surface area contributed by atoms with Gasteiger partial charge in [-0.05, 0) is 35.9 Å². The van der Waals surface area contributed by atoms with Gasteiger partial charge in [0.2, 0.25) is 10.0 Å². The van der Waals surface area contributed by atoms with Crippen molar-refractivity contribution in [2.75, 3.05) is 0 Å². The average Bonchev–Trinajstić information content (AvgIpc) is 2.55. The van der Waals surface area contributed by atoms with Gasteiger partial charge in [0.25, 0.3) is 0 Å². The molecule has 134 valence electrons. The highest BCUT2D eigenvalue weighted by atomic mass is 35.5. The van der Waals surface area contributed by atoms with Gasteiger partial charge in [0.05, 0.1) is 15.7 Å². The second-order valence-corrected chi connectivity index (χ2v) is 7.66. The predicted molar refractivity (Wildman–Crippen MR) is 96.4 cm³/mol. The number of nitrogens with two attached hydrogens (primary N) is 1. The number of benzene rings is 2. The smallest absolute Gasteiger partial charge is 0.243 e. The molecule has 3 rings (SSSR count). The highest BCUT2D eigenvalue weighted by Gasteiger charge is 2.23. The van der Waals surface area contributed by atoms with E-state index in [9.17, 15) is 17.2 Å². The van der Waals surface area contributed by atoms with Gasteiger partial charge in [0, 0.05) is 17.3 Å². The van der Waals surface area contributed by atoms with Crippen molar-refractivity contribution in [2.24, 2.45) is 5.14 Å². The van der Waals surface area contributed by atoms with E-state index in [1.54, 1.807) is 30.3 Å². The number of hydrogen-bond acceptors (Lipinski definition) is 3. The zero-order valence-electron chi connectivity index (χ0n) is 12.9. The Bertz CT molecular complexity index is 1100. The van der Waals surface area contributed by atoms with E-state index in [0.717, 1.165) is 12.1 Å². The van der Waals surface area contributed by atoms with Gasteiger partial charge in [-0.15, -0.1) is 0 Å². The van der Waals surface area contributed by atoms with Crippen molar-refractivity contribution in [3.8, 4) is 22.4 Å². The number of aromatic nitrogens is 1. The van der Waals surface area contributed by atoms with Crippen molar-refractivity contribution >= 4 is 33.2 Å². The van der Waals surface area contributed by atoms with E-state index in [2.05, 4.69) is 4.98 Å². The maximum Gasteiger partial charge on any atom is 0.243 e. The molecule has 4 nitrogen and oxygen atoms in total. The fourth-order valence-corrected chi connectivity index (χ4v) is 3.46. The third-order valence-corrected chi connectivity index (χ3v) is 5.29. The second kappa shape index (κ2) is 6.92. The largest absolute Gasteiger partial charge is 0.256 e. The number of primary sulfonamides is 1. The van der Waals surface area contributed by atoms with Crippen molar-refractivity contribution in [1.29, 1.82) is 0 Å². The predicted octanol–water partition coefficient (Wildman–Crippen LogP) is 4.65. The molecule has 0 saturated heterocycles. The van der Waals surface area contributed by atoms with Crippen molar-refractivity contribution in [3.63, 3.8) is 0 Å². The minimum absolute atomic E-state index is 0.0501. The Morgan fingerprint density at radius 3 is 2.15 bits per heavy atom. The lowest BCUT2D eigenvalue weighted by atomic mass is 9.99. The van der Waals surface area contributed by atoms with Crippen LogP contribution in [0.4, 0.5) is 8.78 Å². The molecule has 0 unspecified atom stereocenters. The summed E-state index contributed by atoms with van der Waals surface area (Å²) in [6.45, 7) is 0. The van der Waals surface area contributed by atoms with Crippen LogP contribution >= 0.6 is 23.2 Å². The molecule has 9 heteroatoms. The number of rotatable bonds is 3. The Kier molecular flexibility index (Phi) is 4.98. The van der Waals surface area contributed by atoms with Gasteiger partial charge >= 0.3 is 0 Å². The van der Waals surface area contributed by atoms with E-state index in [4.69, 9.17) is 28.3 Å². The SMILES string of the molecule is NS(=O)(=O)c1c(F)cc(-c2ncccc2-c2ccc(Cl)c(Cl)c2)cc1F. The molecule has 2 N–H and O–H groups in total. The molecule has 0 aliphatic carbocycles. The molecule has 1 heterocycles. The van der Waals surface area contributed by atoms with Gasteiger partial charge in [0.15, 0.2) is 4.90 Å². The van der Waals surface area contributed by atoms with Crippen LogP contribution in [-0.4, -0.2) is 13.4 Å². The van der Waals surface area contributed by atoms with Crippen molar-refractivity contribution in [1.82, 2.24) is 4.98 Å². The standard InChI is InChI=1S/C17H10Cl2F2N2O2S/c18-12-4-3-9(6-13(12)19)11-2-1-5-23-16(11)10-7-14(20)17(15(21)8-10)26(22,24)25/h1-8H,(H2,22,24,25). The molecular formula is C17H10Cl2F2N2O2S. The van der Waals surface area contributed by atoms with E-state index in [-0.39, 0.29) is 11.3 Å². The third kappa shape index (κ3) is 3.57. The number of sulfonamides is 1. The highest BCUT2D eigenvalue weighted by molar-refractivity contribution is 7.89. The van der Waals surface area contributed by atoms with Crippen LogP contribution in [-0.2, 0) is 10.0 Å². The highest BCUT2D eigenvalue weighted by Crippen LogP contribution is 2.35. The molecule has 0 atom stereocenters. The summed E-state index contributed by atoms with van der Waals surface area (Å²) in [6.07, 6.45) is 1.44. The van der Waals surface area contributed by atoms with Crippen LogP contribution in [0.3, 0.4) is 0 Å². The summed E-state index contributed by atoms with van der Waals surface area (Å²) < 4.78 is 51.0. The zero-order valence-corrected chi connectivity index (χ0v) is 15.2. The summed E-state index contributed by atoms with van der Waals surface area (Å²) >= 11 is 11.9. The van der Waals surface area contributed by atoms with Crippen molar-refractivity contribution in [3.05, 3.63) is 70.3 Å². The fraction of sp³-hybridized carbons (Fsp3) is 0. The van der Waals surface area contributed by atoms with E-state index >= 15 is 0 Å². The Morgan fingerprint density at radius 1 is 0.923 bits per heavy atom. The van der Waals surface area contributed by atoms with Crippen LogP contribution in [0.2, 0.25) is 10.0 Å². The van der Waals surface area contributed by atoms with Crippen LogP contribution in [0.1, 0.15) is 0 Å². The minimum Gasteiger partial charge on any atom is -0.256 e. The second-order valence-electron chi connectivity index (χ2n) is 5.34. The molecule has 0 aliphatic heterocycles. The van der Waals surface area contributed by atoms with Crippen LogP contribution in [0.15, 0.2) is 53.6 Å². The lowest BCUT2D eigenvalue weighted by Crippen LogP contribution is -2.16. The average molecular weight is 415 g/mol. The monoisotopic (exact) mass is 414 g/mol. The molecule has 1 aromatic heterocycles. The molecule has 0 fully saturated rings. The van der Waals surface area contributed by atoms with Gasteiger partial charge in [-0.1, -0.05) is 35.3 Å². The Hall–Kier alpha value is -2.06. The summed E-state index contributed by atoms with van der Waals surface area (Å²) in [4.78, 5) is 2.97. The molecule has 0 aliphatic rings. The maximum atomic E-state index is 14.2. The van der Waals surface area contributed by atoms with Gasteiger partial charge in [-0.25, -0.2) is 22.3 Å². The minimum atomic E-state index is -4.54. The summed E-state index contributed by atoms with van der Waals surface area (Å²) in [7, 11) is -4.54. The van der Waals surface area contributed by atoms with Gasteiger partial charge < -0.3 is 0 Å². The van der Waals surface area contributed by atoms with Crippen molar-refractivity contribution < 1.29 is 17.2 Å². The lowest BCUT2D eigenvalue weighted by molar-refractivity contribution is 0.520. The molecule has 3 aromatic rings. The summed E-state index contributed by atoms with van der Waals surface area (Å²) in [6, 6.07) is 9.92. The van der Waals surface area contributed by atoms with Gasteiger partial charge in [-0.2, -0.15) is 0 Å². The van der Waals surface area contributed by atoms with Crippen LogP contribution < -0.4 is 5.14 Å². The number of halogens is 4. The first-order chi connectivity index (χ1) is 12.2. The summed E-state index contributed by atoms with van der Waals surface area (Å²) in [5.41, 5.74) is 1.45.